The van der Waals surface area contributed by atoms with Crippen molar-refractivity contribution in [2.24, 2.45) is 40.4 Å². The summed E-state index contributed by atoms with van der Waals surface area (Å²) in [7, 11) is 0. The van der Waals surface area contributed by atoms with E-state index >= 15 is 0 Å². The van der Waals surface area contributed by atoms with Gasteiger partial charge >= 0.3 is 0 Å². The first-order valence-electron chi connectivity index (χ1n) is 11.6. The highest BCUT2D eigenvalue weighted by Gasteiger charge is 2.56. The minimum atomic E-state index is -0.221. The van der Waals surface area contributed by atoms with E-state index in [-0.39, 0.29) is 24.0 Å². The standard InChI is InChI=1S/C24H41NO2/c1-16-4-7-21-20(14-25-13-17-5-6-17)22(9-11-23(16,21)2)24(3)10-8-19(27)12-18(24)15-26/h17-22,25-27H,1,4-15H2,2-3H3/t18-,19+,20+,21?,22?,23-,24+/m1/s1. The van der Waals surface area contributed by atoms with Crippen LogP contribution in [0.15, 0.2) is 12.2 Å². The molecule has 154 valence electrons. The van der Waals surface area contributed by atoms with Crippen LogP contribution in [0, 0.1) is 40.4 Å². The molecule has 3 N–H and O–H groups in total. The first-order chi connectivity index (χ1) is 12.9. The Kier molecular flexibility index (Phi) is 5.50. The Hall–Kier alpha value is -0.380. The minimum Gasteiger partial charge on any atom is -0.396 e. The van der Waals surface area contributed by atoms with Crippen LogP contribution in [0.1, 0.15) is 71.6 Å². The fourth-order valence-electron chi connectivity index (χ4n) is 7.24. The molecule has 0 aliphatic heterocycles. The van der Waals surface area contributed by atoms with Gasteiger partial charge < -0.3 is 15.5 Å². The molecule has 0 spiro atoms. The summed E-state index contributed by atoms with van der Waals surface area (Å²) in [4.78, 5) is 0. The van der Waals surface area contributed by atoms with Gasteiger partial charge in [0, 0.05) is 6.61 Å². The van der Waals surface area contributed by atoms with Crippen molar-refractivity contribution < 1.29 is 10.2 Å². The van der Waals surface area contributed by atoms with Crippen LogP contribution in [0.3, 0.4) is 0 Å². The molecule has 0 bridgehead atoms. The molecule has 4 aliphatic carbocycles. The number of allylic oxidation sites excluding steroid dienone is 1. The van der Waals surface area contributed by atoms with Crippen molar-refractivity contribution in [3.63, 3.8) is 0 Å². The topological polar surface area (TPSA) is 52.5 Å². The van der Waals surface area contributed by atoms with E-state index in [0.29, 0.717) is 17.3 Å². The van der Waals surface area contributed by atoms with E-state index in [4.69, 9.17) is 0 Å². The van der Waals surface area contributed by atoms with Crippen LogP contribution in [0.2, 0.25) is 0 Å². The monoisotopic (exact) mass is 375 g/mol. The van der Waals surface area contributed by atoms with Gasteiger partial charge in [-0.25, -0.2) is 0 Å². The molecule has 0 aromatic rings. The molecule has 0 amide bonds. The molecule has 4 saturated carbocycles. The van der Waals surface area contributed by atoms with Crippen molar-refractivity contribution in [1.29, 1.82) is 0 Å². The van der Waals surface area contributed by atoms with Gasteiger partial charge in [-0.1, -0.05) is 26.0 Å². The molecule has 4 rings (SSSR count). The zero-order chi connectivity index (χ0) is 19.2. The summed E-state index contributed by atoms with van der Waals surface area (Å²) < 4.78 is 0. The third kappa shape index (κ3) is 3.53. The lowest BCUT2D eigenvalue weighted by atomic mass is 9.49. The summed E-state index contributed by atoms with van der Waals surface area (Å²) in [6, 6.07) is 0. The first kappa shape index (κ1) is 19.9. The molecular weight excluding hydrogens is 334 g/mol. The van der Waals surface area contributed by atoms with E-state index in [0.717, 1.165) is 37.6 Å². The van der Waals surface area contributed by atoms with Crippen molar-refractivity contribution in [2.45, 2.75) is 77.7 Å². The van der Waals surface area contributed by atoms with Crippen LogP contribution in [0.25, 0.3) is 0 Å². The number of hydrogen-bond acceptors (Lipinski definition) is 3. The highest BCUT2D eigenvalue weighted by molar-refractivity contribution is 5.21. The Morgan fingerprint density at radius 3 is 2.52 bits per heavy atom. The molecule has 4 fully saturated rings. The zero-order valence-electron chi connectivity index (χ0n) is 17.6. The van der Waals surface area contributed by atoms with E-state index in [1.54, 1.807) is 0 Å². The molecule has 3 nitrogen and oxygen atoms in total. The molecule has 0 aromatic heterocycles. The third-order valence-corrected chi connectivity index (χ3v) is 9.47. The Bertz CT molecular complexity index is 559. The van der Waals surface area contributed by atoms with E-state index < -0.39 is 0 Å². The summed E-state index contributed by atoms with van der Waals surface area (Å²) in [6.45, 7) is 11.9. The smallest absolute Gasteiger partial charge is 0.0544 e. The lowest BCUT2D eigenvalue weighted by molar-refractivity contribution is -0.0933. The molecule has 4 aliphatic rings. The molecule has 0 radical (unpaired) electrons. The van der Waals surface area contributed by atoms with E-state index in [1.165, 1.54) is 50.6 Å². The Balaban J connectivity index is 1.57. The normalized spacial score (nSPS) is 47.9. The summed E-state index contributed by atoms with van der Waals surface area (Å²) in [5, 5.41) is 24.2. The minimum absolute atomic E-state index is 0.158. The Morgan fingerprint density at radius 2 is 1.81 bits per heavy atom. The largest absolute Gasteiger partial charge is 0.396 e. The fourth-order valence-corrected chi connectivity index (χ4v) is 7.24. The summed E-state index contributed by atoms with van der Waals surface area (Å²) >= 11 is 0. The van der Waals surface area contributed by atoms with Crippen molar-refractivity contribution in [3.05, 3.63) is 12.2 Å². The summed E-state index contributed by atoms with van der Waals surface area (Å²) in [5.41, 5.74) is 1.97. The lowest BCUT2D eigenvalue weighted by Gasteiger charge is -2.56. The van der Waals surface area contributed by atoms with Gasteiger partial charge in [-0.3, -0.25) is 0 Å². The number of nitrogens with one attached hydrogen (secondary N) is 1. The quantitative estimate of drug-likeness (QED) is 0.612. The average Bonchev–Trinajstić information content (AvgIpc) is 3.42. The second-order valence-electron chi connectivity index (χ2n) is 10.9. The van der Waals surface area contributed by atoms with Crippen LogP contribution in [0.5, 0.6) is 0 Å². The second-order valence-corrected chi connectivity index (χ2v) is 10.9. The fraction of sp³-hybridized carbons (Fsp3) is 0.917. The van der Waals surface area contributed by atoms with E-state index in [2.05, 4.69) is 25.7 Å². The van der Waals surface area contributed by atoms with Gasteiger partial charge in [0.25, 0.3) is 0 Å². The van der Waals surface area contributed by atoms with Gasteiger partial charge in [0.1, 0.15) is 0 Å². The molecule has 2 unspecified atom stereocenters. The number of aliphatic hydroxyl groups excluding tert-OH is 2. The summed E-state index contributed by atoms with van der Waals surface area (Å²) in [5.74, 6) is 3.22. The molecule has 27 heavy (non-hydrogen) atoms. The first-order valence-corrected chi connectivity index (χ1v) is 11.6. The zero-order valence-corrected chi connectivity index (χ0v) is 17.6. The van der Waals surface area contributed by atoms with Gasteiger partial charge in [0.05, 0.1) is 6.10 Å². The van der Waals surface area contributed by atoms with Crippen molar-refractivity contribution in [2.75, 3.05) is 19.7 Å². The maximum Gasteiger partial charge on any atom is 0.0544 e. The van der Waals surface area contributed by atoms with Gasteiger partial charge in [-0.2, -0.15) is 0 Å². The number of aliphatic hydroxyl groups is 2. The molecule has 0 heterocycles. The van der Waals surface area contributed by atoms with Crippen LogP contribution >= 0.6 is 0 Å². The maximum absolute atomic E-state index is 10.2. The molecule has 3 heteroatoms. The predicted octanol–water partition coefficient (Wildman–Crippen LogP) is 4.14. The number of fused-ring (bicyclic) bond motifs is 1. The molecular formula is C24H41NO2. The number of hydrogen-bond donors (Lipinski definition) is 3. The van der Waals surface area contributed by atoms with Gasteiger partial charge in [0.2, 0.25) is 0 Å². The van der Waals surface area contributed by atoms with E-state index in [1.807, 2.05) is 0 Å². The van der Waals surface area contributed by atoms with Crippen molar-refractivity contribution in [1.82, 2.24) is 5.32 Å². The third-order valence-electron chi connectivity index (χ3n) is 9.47. The highest BCUT2D eigenvalue weighted by atomic mass is 16.3. The van der Waals surface area contributed by atoms with Crippen LogP contribution in [-0.2, 0) is 0 Å². The second kappa shape index (κ2) is 7.46. The van der Waals surface area contributed by atoms with Gasteiger partial charge in [-0.05, 0) is 111 Å². The maximum atomic E-state index is 10.2. The summed E-state index contributed by atoms with van der Waals surface area (Å²) in [6.07, 6.45) is 10.3. The lowest BCUT2D eigenvalue weighted by Crippen LogP contribution is -2.53. The van der Waals surface area contributed by atoms with Crippen molar-refractivity contribution >= 4 is 0 Å². The Labute approximate surface area is 166 Å². The van der Waals surface area contributed by atoms with Gasteiger partial charge in [0.15, 0.2) is 0 Å². The van der Waals surface area contributed by atoms with E-state index in [9.17, 15) is 10.2 Å². The Morgan fingerprint density at radius 1 is 1.04 bits per heavy atom. The van der Waals surface area contributed by atoms with Gasteiger partial charge in [-0.15, -0.1) is 0 Å². The van der Waals surface area contributed by atoms with Crippen molar-refractivity contribution in [3.8, 4) is 0 Å². The highest BCUT2D eigenvalue weighted by Crippen LogP contribution is 2.63. The predicted molar refractivity (Wildman–Crippen MR) is 110 cm³/mol. The van der Waals surface area contributed by atoms with Crippen LogP contribution in [0.4, 0.5) is 0 Å². The molecule has 0 aromatic carbocycles. The van der Waals surface area contributed by atoms with Crippen LogP contribution < -0.4 is 5.32 Å². The molecule has 7 atom stereocenters. The average molecular weight is 376 g/mol. The molecule has 0 saturated heterocycles. The SMILES string of the molecule is C=C1CCC2[C@H](CNCC3CC3)C([C@@]3(C)CC[C@H](O)C[C@@H]3CO)CC[C@]12C. The van der Waals surface area contributed by atoms with Crippen LogP contribution in [-0.4, -0.2) is 36.0 Å². The number of rotatable bonds is 6.